The lowest BCUT2D eigenvalue weighted by Gasteiger charge is -2.25. The molecular formula is C19H24BrNO2S. The summed E-state index contributed by atoms with van der Waals surface area (Å²) in [5, 5.41) is 0. The van der Waals surface area contributed by atoms with Crippen LogP contribution in [0.25, 0.3) is 0 Å². The van der Waals surface area contributed by atoms with Crippen LogP contribution in [0.5, 0.6) is 0 Å². The molecule has 0 bridgehead atoms. The Labute approximate surface area is 153 Å². The van der Waals surface area contributed by atoms with Gasteiger partial charge in [-0.15, -0.1) is 0 Å². The molecule has 0 amide bonds. The maximum Gasteiger partial charge on any atom is 0.240 e. The SMILES string of the molecule is Cc1ccc(S(=O)(=O)NCC(C)(C)CCc2cccc(Br)c2)cc1. The molecule has 0 radical (unpaired) electrons. The van der Waals surface area contributed by atoms with Crippen molar-refractivity contribution in [1.82, 2.24) is 4.72 Å². The molecule has 24 heavy (non-hydrogen) atoms. The van der Waals surface area contributed by atoms with E-state index in [2.05, 4.69) is 46.6 Å². The Kier molecular flexibility index (Phi) is 6.23. The number of halogens is 1. The molecule has 0 heterocycles. The zero-order chi connectivity index (χ0) is 17.8. The van der Waals surface area contributed by atoms with Gasteiger partial charge in [0.05, 0.1) is 4.90 Å². The number of hydrogen-bond acceptors (Lipinski definition) is 2. The van der Waals surface area contributed by atoms with Gasteiger partial charge >= 0.3 is 0 Å². The van der Waals surface area contributed by atoms with Gasteiger partial charge in [-0.2, -0.15) is 0 Å². The number of aryl methyl sites for hydroxylation is 2. The Bertz CT molecular complexity index is 783. The second-order valence-corrected chi connectivity index (χ2v) is 9.61. The molecular weight excluding hydrogens is 386 g/mol. The standard InChI is InChI=1S/C19H24BrNO2S/c1-15-7-9-18(10-8-15)24(22,23)21-14-19(2,3)12-11-16-5-4-6-17(20)13-16/h4-10,13,21H,11-12,14H2,1-3H3. The maximum absolute atomic E-state index is 12.4. The van der Waals surface area contributed by atoms with Crippen LogP contribution in [0.15, 0.2) is 57.9 Å². The minimum absolute atomic E-state index is 0.125. The summed E-state index contributed by atoms with van der Waals surface area (Å²) in [4.78, 5) is 0.316. The number of rotatable bonds is 7. The molecule has 0 unspecified atom stereocenters. The van der Waals surface area contributed by atoms with E-state index in [-0.39, 0.29) is 5.41 Å². The van der Waals surface area contributed by atoms with Gasteiger partial charge in [0.15, 0.2) is 0 Å². The van der Waals surface area contributed by atoms with Gasteiger partial charge in [-0.3, -0.25) is 0 Å². The molecule has 0 aliphatic carbocycles. The van der Waals surface area contributed by atoms with Crippen LogP contribution in [0.1, 0.15) is 31.4 Å². The van der Waals surface area contributed by atoms with Crippen LogP contribution in [0.2, 0.25) is 0 Å². The highest BCUT2D eigenvalue weighted by Gasteiger charge is 2.22. The Balaban J connectivity index is 1.95. The lowest BCUT2D eigenvalue weighted by molar-refractivity contribution is 0.334. The van der Waals surface area contributed by atoms with Crippen molar-refractivity contribution in [1.29, 1.82) is 0 Å². The Morgan fingerprint density at radius 1 is 1.08 bits per heavy atom. The quantitative estimate of drug-likeness (QED) is 0.720. The molecule has 5 heteroatoms. The molecule has 0 aliphatic rings. The molecule has 0 fully saturated rings. The summed E-state index contributed by atoms with van der Waals surface area (Å²) in [5.74, 6) is 0. The van der Waals surface area contributed by atoms with Gasteiger partial charge < -0.3 is 0 Å². The predicted molar refractivity (Wildman–Crippen MR) is 103 cm³/mol. The third-order valence-electron chi connectivity index (χ3n) is 4.05. The first-order chi connectivity index (χ1) is 11.2. The molecule has 2 aromatic rings. The fraction of sp³-hybridized carbons (Fsp3) is 0.368. The van der Waals surface area contributed by atoms with E-state index in [1.165, 1.54) is 5.56 Å². The highest BCUT2D eigenvalue weighted by atomic mass is 79.9. The molecule has 0 atom stereocenters. The number of benzene rings is 2. The summed E-state index contributed by atoms with van der Waals surface area (Å²) >= 11 is 3.48. The van der Waals surface area contributed by atoms with Gasteiger partial charge in [0.2, 0.25) is 10.0 Å². The van der Waals surface area contributed by atoms with Crippen molar-refractivity contribution < 1.29 is 8.42 Å². The topological polar surface area (TPSA) is 46.2 Å². The van der Waals surface area contributed by atoms with Gasteiger partial charge in [0.1, 0.15) is 0 Å². The largest absolute Gasteiger partial charge is 0.240 e. The molecule has 2 aromatic carbocycles. The molecule has 3 nitrogen and oxygen atoms in total. The smallest absolute Gasteiger partial charge is 0.211 e. The molecule has 0 aliphatic heterocycles. The first kappa shape index (κ1) is 19.2. The fourth-order valence-electron chi connectivity index (χ4n) is 2.35. The third-order valence-corrected chi connectivity index (χ3v) is 5.96. The average molecular weight is 410 g/mol. The van der Waals surface area contributed by atoms with Crippen LogP contribution in [0.3, 0.4) is 0 Å². The van der Waals surface area contributed by atoms with E-state index in [9.17, 15) is 8.42 Å². The highest BCUT2D eigenvalue weighted by molar-refractivity contribution is 9.10. The zero-order valence-corrected chi connectivity index (χ0v) is 16.7. The van der Waals surface area contributed by atoms with Gasteiger partial charge in [-0.05, 0) is 55.0 Å². The molecule has 0 spiro atoms. The molecule has 0 aromatic heterocycles. The summed E-state index contributed by atoms with van der Waals surface area (Å²) in [6.07, 6.45) is 1.82. The van der Waals surface area contributed by atoms with Crippen LogP contribution in [-0.2, 0) is 16.4 Å². The summed E-state index contributed by atoms with van der Waals surface area (Å²) in [6, 6.07) is 15.1. The maximum atomic E-state index is 12.4. The third kappa shape index (κ3) is 5.72. The molecule has 2 rings (SSSR count). The first-order valence-corrected chi connectivity index (χ1v) is 10.3. The summed E-state index contributed by atoms with van der Waals surface area (Å²) in [5.41, 5.74) is 2.17. The molecule has 1 N–H and O–H groups in total. The van der Waals surface area contributed by atoms with E-state index < -0.39 is 10.0 Å². The van der Waals surface area contributed by atoms with Gasteiger partial charge in [0.25, 0.3) is 0 Å². The van der Waals surface area contributed by atoms with Crippen molar-refractivity contribution in [2.24, 2.45) is 5.41 Å². The number of sulfonamides is 1. The second kappa shape index (κ2) is 7.81. The highest BCUT2D eigenvalue weighted by Crippen LogP contribution is 2.24. The van der Waals surface area contributed by atoms with Gasteiger partial charge in [-0.25, -0.2) is 13.1 Å². The minimum atomic E-state index is -3.46. The van der Waals surface area contributed by atoms with Crippen molar-refractivity contribution in [2.45, 2.75) is 38.5 Å². The van der Waals surface area contributed by atoms with Crippen LogP contribution >= 0.6 is 15.9 Å². The average Bonchev–Trinajstić information content (AvgIpc) is 2.52. The van der Waals surface area contributed by atoms with E-state index in [1.54, 1.807) is 12.1 Å². The summed E-state index contributed by atoms with van der Waals surface area (Å²) in [7, 11) is -3.46. The molecule has 0 saturated heterocycles. The lowest BCUT2D eigenvalue weighted by Crippen LogP contribution is -2.34. The van der Waals surface area contributed by atoms with Gasteiger partial charge in [-0.1, -0.05) is 59.6 Å². The van der Waals surface area contributed by atoms with E-state index in [1.807, 2.05) is 31.2 Å². The molecule has 0 saturated carbocycles. The summed E-state index contributed by atoms with van der Waals surface area (Å²) < 4.78 is 28.6. The van der Waals surface area contributed by atoms with Crippen molar-refractivity contribution in [3.8, 4) is 0 Å². The minimum Gasteiger partial charge on any atom is -0.211 e. The predicted octanol–water partition coefficient (Wildman–Crippen LogP) is 4.69. The zero-order valence-electron chi connectivity index (χ0n) is 14.3. The number of hydrogen-bond donors (Lipinski definition) is 1. The Morgan fingerprint density at radius 3 is 2.38 bits per heavy atom. The van der Waals surface area contributed by atoms with Crippen molar-refractivity contribution in [3.63, 3.8) is 0 Å². The van der Waals surface area contributed by atoms with Crippen LogP contribution in [0.4, 0.5) is 0 Å². The van der Waals surface area contributed by atoms with Crippen LogP contribution < -0.4 is 4.72 Å². The lowest BCUT2D eigenvalue weighted by atomic mass is 9.86. The van der Waals surface area contributed by atoms with E-state index in [0.717, 1.165) is 22.9 Å². The van der Waals surface area contributed by atoms with Gasteiger partial charge in [0, 0.05) is 11.0 Å². The van der Waals surface area contributed by atoms with Crippen molar-refractivity contribution in [3.05, 3.63) is 64.1 Å². The fourth-order valence-corrected chi connectivity index (χ4v) is 4.04. The van der Waals surface area contributed by atoms with E-state index >= 15 is 0 Å². The Hall–Kier alpha value is -1.17. The number of nitrogens with one attached hydrogen (secondary N) is 1. The van der Waals surface area contributed by atoms with Crippen molar-refractivity contribution in [2.75, 3.05) is 6.54 Å². The van der Waals surface area contributed by atoms with Crippen LogP contribution in [-0.4, -0.2) is 15.0 Å². The normalized spacial score (nSPS) is 12.3. The van der Waals surface area contributed by atoms with E-state index in [4.69, 9.17) is 0 Å². The summed E-state index contributed by atoms with van der Waals surface area (Å²) in [6.45, 7) is 6.53. The Morgan fingerprint density at radius 2 is 1.75 bits per heavy atom. The van der Waals surface area contributed by atoms with E-state index in [0.29, 0.717) is 11.4 Å². The van der Waals surface area contributed by atoms with Crippen LogP contribution in [0, 0.1) is 12.3 Å². The first-order valence-electron chi connectivity index (χ1n) is 7.99. The monoisotopic (exact) mass is 409 g/mol. The van der Waals surface area contributed by atoms with Crippen molar-refractivity contribution >= 4 is 26.0 Å². The molecule has 130 valence electrons. The second-order valence-electron chi connectivity index (χ2n) is 6.93.